The highest BCUT2D eigenvalue weighted by Crippen LogP contribution is 2.21. The van der Waals surface area contributed by atoms with E-state index < -0.39 is 0 Å². The molecule has 0 atom stereocenters. The molecule has 0 aliphatic heterocycles. The number of pyridine rings is 1. The topological polar surface area (TPSA) is 79.8 Å². The monoisotopic (exact) mass is 378 g/mol. The van der Waals surface area contributed by atoms with E-state index in [1.807, 2.05) is 31.2 Å². The van der Waals surface area contributed by atoms with Crippen molar-refractivity contribution in [2.24, 2.45) is 0 Å². The van der Waals surface area contributed by atoms with Gasteiger partial charge in [0, 0.05) is 34.8 Å². The van der Waals surface area contributed by atoms with Crippen molar-refractivity contribution in [1.82, 2.24) is 14.8 Å². The van der Waals surface area contributed by atoms with Gasteiger partial charge in [-0.1, -0.05) is 29.8 Å². The average Bonchev–Trinajstić information content (AvgIpc) is 3.09. The lowest BCUT2D eigenvalue weighted by Gasteiger charge is -2.06. The number of halogens is 1. The van der Waals surface area contributed by atoms with E-state index in [0.717, 1.165) is 16.6 Å². The molecule has 2 N–H and O–H groups in total. The molecule has 2 heterocycles. The largest absolute Gasteiger partial charge is 0.322 e. The number of fused-ring (bicyclic) bond motifs is 1. The molecule has 7 heteroatoms. The second-order valence-corrected chi connectivity index (χ2v) is 6.54. The van der Waals surface area contributed by atoms with E-state index in [1.165, 1.54) is 6.07 Å². The Morgan fingerprint density at radius 2 is 1.96 bits per heavy atom. The molecule has 0 spiro atoms. The van der Waals surface area contributed by atoms with Crippen LogP contribution in [0.1, 0.15) is 15.9 Å². The van der Waals surface area contributed by atoms with Crippen LogP contribution in [-0.2, 0) is 0 Å². The van der Waals surface area contributed by atoms with E-state index in [2.05, 4.69) is 15.4 Å². The van der Waals surface area contributed by atoms with Gasteiger partial charge in [-0.25, -0.2) is 4.68 Å². The maximum Gasteiger partial charge on any atom is 0.256 e. The Labute approximate surface area is 159 Å². The molecule has 0 radical (unpaired) electrons. The quantitative estimate of drug-likeness (QED) is 0.567. The second kappa shape index (κ2) is 6.74. The van der Waals surface area contributed by atoms with Gasteiger partial charge in [0.05, 0.1) is 10.7 Å². The van der Waals surface area contributed by atoms with Crippen molar-refractivity contribution >= 4 is 34.2 Å². The summed E-state index contributed by atoms with van der Waals surface area (Å²) in [6, 6.07) is 15.7. The lowest BCUT2D eigenvalue weighted by atomic mass is 10.1. The van der Waals surface area contributed by atoms with Gasteiger partial charge in [-0.2, -0.15) is 0 Å². The van der Waals surface area contributed by atoms with Crippen molar-refractivity contribution in [2.45, 2.75) is 6.92 Å². The molecule has 1 amide bonds. The SMILES string of the molecule is Cc1cc(=O)[nH]c2cc(C(=O)Nc3ccn(-c4ccccc4Cl)n3)ccc12. The Hall–Kier alpha value is -3.38. The third-order valence-electron chi connectivity index (χ3n) is 4.24. The van der Waals surface area contributed by atoms with Gasteiger partial charge in [-0.15, -0.1) is 5.10 Å². The summed E-state index contributed by atoms with van der Waals surface area (Å²) in [6.45, 7) is 1.86. The summed E-state index contributed by atoms with van der Waals surface area (Å²) >= 11 is 6.17. The number of amides is 1. The standard InChI is InChI=1S/C20H15ClN4O2/c1-12-10-19(26)22-16-11-13(6-7-14(12)16)20(27)23-18-8-9-25(24-18)17-5-3-2-4-15(17)21/h2-11H,1H3,(H,22,26)(H,23,24,27). The van der Waals surface area contributed by atoms with Crippen LogP contribution in [0.4, 0.5) is 5.82 Å². The molecule has 0 aliphatic rings. The summed E-state index contributed by atoms with van der Waals surface area (Å²) < 4.78 is 1.60. The molecule has 27 heavy (non-hydrogen) atoms. The third kappa shape index (κ3) is 3.35. The molecule has 0 unspecified atom stereocenters. The van der Waals surface area contributed by atoms with Gasteiger partial charge in [-0.05, 0) is 36.8 Å². The van der Waals surface area contributed by atoms with Crippen molar-refractivity contribution in [3.63, 3.8) is 0 Å². The Balaban J connectivity index is 1.60. The van der Waals surface area contributed by atoms with E-state index in [1.54, 1.807) is 35.1 Å². The molecule has 134 valence electrons. The van der Waals surface area contributed by atoms with Crippen LogP contribution >= 0.6 is 11.6 Å². The number of nitrogens with zero attached hydrogens (tertiary/aromatic N) is 2. The molecule has 0 saturated carbocycles. The van der Waals surface area contributed by atoms with Crippen molar-refractivity contribution in [3.05, 3.63) is 87.3 Å². The Morgan fingerprint density at radius 3 is 2.78 bits per heavy atom. The summed E-state index contributed by atoms with van der Waals surface area (Å²) in [4.78, 5) is 27.0. The fourth-order valence-electron chi connectivity index (χ4n) is 2.93. The zero-order valence-electron chi connectivity index (χ0n) is 14.4. The fraction of sp³-hybridized carbons (Fsp3) is 0.0500. The van der Waals surface area contributed by atoms with Crippen LogP contribution in [0.15, 0.2) is 65.6 Å². The number of hydrogen-bond acceptors (Lipinski definition) is 3. The molecule has 2 aromatic carbocycles. The van der Waals surface area contributed by atoms with Crippen LogP contribution in [0.25, 0.3) is 16.6 Å². The maximum atomic E-state index is 12.6. The van der Waals surface area contributed by atoms with Gasteiger partial charge >= 0.3 is 0 Å². The number of aromatic amines is 1. The van der Waals surface area contributed by atoms with Crippen LogP contribution in [0.3, 0.4) is 0 Å². The number of carbonyl (C=O) groups is 1. The number of aromatic nitrogens is 3. The first-order chi connectivity index (χ1) is 13.0. The lowest BCUT2D eigenvalue weighted by Crippen LogP contribution is -2.13. The van der Waals surface area contributed by atoms with Crippen LogP contribution < -0.4 is 10.9 Å². The Morgan fingerprint density at radius 1 is 1.15 bits per heavy atom. The third-order valence-corrected chi connectivity index (χ3v) is 4.56. The Kier molecular flexibility index (Phi) is 4.25. The predicted octanol–water partition coefficient (Wildman–Crippen LogP) is 3.93. The van der Waals surface area contributed by atoms with Crippen LogP contribution in [0.2, 0.25) is 5.02 Å². The molecular formula is C20H15ClN4O2. The molecule has 0 aliphatic carbocycles. The summed E-state index contributed by atoms with van der Waals surface area (Å²) in [5, 5.41) is 8.56. The van der Waals surface area contributed by atoms with Crippen molar-refractivity contribution < 1.29 is 4.79 Å². The minimum Gasteiger partial charge on any atom is -0.322 e. The second-order valence-electron chi connectivity index (χ2n) is 6.13. The number of benzene rings is 2. The van der Waals surface area contributed by atoms with E-state index in [4.69, 9.17) is 11.6 Å². The highest BCUT2D eigenvalue weighted by Gasteiger charge is 2.11. The molecule has 6 nitrogen and oxygen atoms in total. The number of rotatable bonds is 3. The smallest absolute Gasteiger partial charge is 0.256 e. The summed E-state index contributed by atoms with van der Waals surface area (Å²) in [6.07, 6.45) is 1.72. The molecule has 0 saturated heterocycles. The number of hydrogen-bond donors (Lipinski definition) is 2. The minimum absolute atomic E-state index is 0.198. The van der Waals surface area contributed by atoms with Crippen molar-refractivity contribution in [3.8, 4) is 5.69 Å². The average molecular weight is 379 g/mol. The number of carbonyl (C=O) groups excluding carboxylic acids is 1. The van der Waals surface area contributed by atoms with Crippen LogP contribution in [0, 0.1) is 6.92 Å². The number of anilines is 1. The first-order valence-electron chi connectivity index (χ1n) is 8.27. The van der Waals surface area contributed by atoms with Crippen molar-refractivity contribution in [2.75, 3.05) is 5.32 Å². The lowest BCUT2D eigenvalue weighted by molar-refractivity contribution is 0.102. The molecular weight excluding hydrogens is 364 g/mol. The normalized spacial score (nSPS) is 10.9. The minimum atomic E-state index is -0.316. The van der Waals surface area contributed by atoms with Gasteiger partial charge in [0.2, 0.25) is 5.56 Å². The highest BCUT2D eigenvalue weighted by atomic mass is 35.5. The van der Waals surface area contributed by atoms with E-state index >= 15 is 0 Å². The van der Waals surface area contributed by atoms with Gasteiger partial charge in [0.1, 0.15) is 0 Å². The van der Waals surface area contributed by atoms with Crippen molar-refractivity contribution in [1.29, 1.82) is 0 Å². The van der Waals surface area contributed by atoms with Crippen LogP contribution in [0.5, 0.6) is 0 Å². The zero-order chi connectivity index (χ0) is 19.0. The van der Waals surface area contributed by atoms with Gasteiger partial charge < -0.3 is 10.3 Å². The number of para-hydroxylation sites is 1. The van der Waals surface area contributed by atoms with E-state index in [9.17, 15) is 9.59 Å². The predicted molar refractivity (Wildman–Crippen MR) is 106 cm³/mol. The number of H-pyrrole nitrogens is 1. The summed E-state index contributed by atoms with van der Waals surface area (Å²) in [5.74, 6) is 0.0846. The summed E-state index contributed by atoms with van der Waals surface area (Å²) in [5.41, 5.74) is 2.43. The molecule has 2 aromatic heterocycles. The molecule has 4 rings (SSSR count). The number of nitrogens with one attached hydrogen (secondary N) is 2. The van der Waals surface area contributed by atoms with Gasteiger partial charge in [-0.3, -0.25) is 9.59 Å². The molecule has 4 aromatic rings. The summed E-state index contributed by atoms with van der Waals surface area (Å²) in [7, 11) is 0. The fourth-order valence-corrected chi connectivity index (χ4v) is 3.15. The van der Waals surface area contributed by atoms with E-state index in [0.29, 0.717) is 21.9 Å². The van der Waals surface area contributed by atoms with Gasteiger partial charge in [0.25, 0.3) is 5.91 Å². The maximum absolute atomic E-state index is 12.6. The molecule has 0 fully saturated rings. The van der Waals surface area contributed by atoms with E-state index in [-0.39, 0.29) is 11.5 Å². The zero-order valence-corrected chi connectivity index (χ0v) is 15.1. The Bertz CT molecular complexity index is 1230. The molecule has 0 bridgehead atoms. The number of aryl methyl sites for hydroxylation is 1. The first kappa shape index (κ1) is 17.1. The first-order valence-corrected chi connectivity index (χ1v) is 8.65. The highest BCUT2D eigenvalue weighted by molar-refractivity contribution is 6.32. The van der Waals surface area contributed by atoms with Crippen LogP contribution in [-0.4, -0.2) is 20.7 Å². The van der Waals surface area contributed by atoms with Gasteiger partial charge in [0.15, 0.2) is 5.82 Å².